The third-order valence-electron chi connectivity index (χ3n) is 4.80. The van der Waals surface area contributed by atoms with Gasteiger partial charge in [-0.3, -0.25) is 4.99 Å². The number of aliphatic hydroxyl groups is 1. The zero-order valence-corrected chi connectivity index (χ0v) is 17.8. The quantitative estimate of drug-likeness (QED) is 0.371. The SMILES string of the molecule is CCNC(=NCC(O)c1cc2ccccc2s1)NCC(NC(=O)OCC)C1CC1. The first kappa shape index (κ1) is 21.4. The maximum absolute atomic E-state index is 11.8. The molecule has 1 fully saturated rings. The summed E-state index contributed by atoms with van der Waals surface area (Å²) in [6.45, 7) is 5.69. The molecule has 0 radical (unpaired) electrons. The van der Waals surface area contributed by atoms with Crippen molar-refractivity contribution in [2.75, 3.05) is 26.2 Å². The maximum atomic E-state index is 11.8. The number of carbonyl (C=O) groups excluding carboxylic acids is 1. The van der Waals surface area contributed by atoms with E-state index in [2.05, 4.69) is 27.0 Å². The Labute approximate surface area is 175 Å². The molecule has 0 spiro atoms. The zero-order chi connectivity index (χ0) is 20.6. The van der Waals surface area contributed by atoms with Gasteiger partial charge < -0.3 is 25.8 Å². The molecule has 8 heteroatoms. The summed E-state index contributed by atoms with van der Waals surface area (Å²) in [7, 11) is 0. The van der Waals surface area contributed by atoms with Gasteiger partial charge in [-0.15, -0.1) is 11.3 Å². The molecule has 2 aromatic rings. The van der Waals surface area contributed by atoms with Crippen molar-refractivity contribution in [3.63, 3.8) is 0 Å². The Bertz CT molecular complexity index is 801. The molecule has 0 bridgehead atoms. The second-order valence-corrected chi connectivity index (χ2v) is 8.23. The van der Waals surface area contributed by atoms with Crippen molar-refractivity contribution < 1.29 is 14.6 Å². The van der Waals surface area contributed by atoms with E-state index in [9.17, 15) is 9.90 Å². The van der Waals surface area contributed by atoms with Crippen LogP contribution < -0.4 is 16.0 Å². The number of hydrogen-bond acceptors (Lipinski definition) is 5. The topological polar surface area (TPSA) is 95.0 Å². The number of benzene rings is 1. The average Bonchev–Trinajstić information content (AvgIpc) is 3.46. The van der Waals surface area contributed by atoms with E-state index in [0.717, 1.165) is 27.8 Å². The van der Waals surface area contributed by atoms with Crippen molar-refractivity contribution in [2.45, 2.75) is 38.8 Å². The molecule has 1 saturated carbocycles. The fourth-order valence-electron chi connectivity index (χ4n) is 3.14. The Hall–Kier alpha value is -2.32. The fraction of sp³-hybridized carbons (Fsp3) is 0.524. The standard InChI is InChI=1S/C21H30N4O3S/c1-3-22-20(23-12-16(14-9-10-14)25-21(27)28-4-2)24-13-17(26)19-11-15-7-5-6-8-18(15)29-19/h5-8,11,14,16-17,26H,3-4,9-10,12-13H2,1-2H3,(H,25,27)(H2,22,23,24). The number of guanidine groups is 1. The number of nitrogens with zero attached hydrogens (tertiary/aromatic N) is 1. The molecule has 4 N–H and O–H groups in total. The van der Waals surface area contributed by atoms with E-state index in [1.807, 2.05) is 31.2 Å². The van der Waals surface area contributed by atoms with Gasteiger partial charge in [0.1, 0.15) is 6.10 Å². The number of rotatable bonds is 9. The second-order valence-electron chi connectivity index (χ2n) is 7.11. The van der Waals surface area contributed by atoms with Crippen LogP contribution in [0.15, 0.2) is 35.3 Å². The van der Waals surface area contributed by atoms with E-state index in [1.165, 1.54) is 0 Å². The van der Waals surface area contributed by atoms with Crippen LogP contribution in [0.25, 0.3) is 10.1 Å². The summed E-state index contributed by atoms with van der Waals surface area (Å²) >= 11 is 1.59. The van der Waals surface area contributed by atoms with Crippen LogP contribution in [-0.2, 0) is 4.74 Å². The third kappa shape index (κ3) is 6.33. The Kier molecular flexibility index (Phi) is 7.71. The number of amides is 1. The average molecular weight is 419 g/mol. The molecule has 1 aliphatic rings. The van der Waals surface area contributed by atoms with Gasteiger partial charge in [0.25, 0.3) is 0 Å². The van der Waals surface area contributed by atoms with Crippen molar-refractivity contribution >= 4 is 33.5 Å². The molecule has 2 atom stereocenters. The lowest BCUT2D eigenvalue weighted by Crippen LogP contribution is -2.48. The highest BCUT2D eigenvalue weighted by Crippen LogP contribution is 2.32. The highest BCUT2D eigenvalue weighted by molar-refractivity contribution is 7.19. The van der Waals surface area contributed by atoms with E-state index in [0.29, 0.717) is 31.6 Å². The highest BCUT2D eigenvalue weighted by Gasteiger charge is 2.32. The maximum Gasteiger partial charge on any atom is 0.407 e. The first-order valence-corrected chi connectivity index (χ1v) is 11.0. The summed E-state index contributed by atoms with van der Waals surface area (Å²) in [5, 5.41) is 21.1. The number of thiophene rings is 1. The molecular weight excluding hydrogens is 388 g/mol. The van der Waals surface area contributed by atoms with Crippen molar-refractivity contribution in [1.82, 2.24) is 16.0 Å². The zero-order valence-electron chi connectivity index (χ0n) is 17.0. The monoisotopic (exact) mass is 418 g/mol. The molecular formula is C21H30N4O3S. The second kappa shape index (κ2) is 10.5. The summed E-state index contributed by atoms with van der Waals surface area (Å²) in [4.78, 5) is 17.2. The minimum Gasteiger partial charge on any atom is -0.450 e. The van der Waals surface area contributed by atoms with Gasteiger partial charge in [0.05, 0.1) is 19.2 Å². The molecule has 1 aromatic carbocycles. The van der Waals surface area contributed by atoms with E-state index < -0.39 is 6.10 Å². The lowest BCUT2D eigenvalue weighted by atomic mass is 10.2. The summed E-state index contributed by atoms with van der Waals surface area (Å²) in [5.41, 5.74) is 0. The summed E-state index contributed by atoms with van der Waals surface area (Å²) in [6.07, 6.45) is 1.18. The lowest BCUT2D eigenvalue weighted by Gasteiger charge is -2.20. The van der Waals surface area contributed by atoms with Crippen LogP contribution in [0.2, 0.25) is 0 Å². The van der Waals surface area contributed by atoms with E-state index in [4.69, 9.17) is 4.74 Å². The Morgan fingerprint density at radius 2 is 2.10 bits per heavy atom. The Morgan fingerprint density at radius 1 is 1.31 bits per heavy atom. The molecule has 0 aliphatic heterocycles. The smallest absolute Gasteiger partial charge is 0.407 e. The van der Waals surface area contributed by atoms with Crippen LogP contribution in [0.5, 0.6) is 0 Å². The first-order valence-electron chi connectivity index (χ1n) is 10.2. The summed E-state index contributed by atoms with van der Waals surface area (Å²) in [5.74, 6) is 1.10. The number of aliphatic hydroxyl groups excluding tert-OH is 1. The van der Waals surface area contributed by atoms with E-state index >= 15 is 0 Å². The molecule has 1 aliphatic carbocycles. The van der Waals surface area contributed by atoms with Crippen LogP contribution in [0, 0.1) is 5.92 Å². The normalized spacial score (nSPS) is 16.3. The van der Waals surface area contributed by atoms with Gasteiger partial charge in [-0.2, -0.15) is 0 Å². The van der Waals surface area contributed by atoms with Gasteiger partial charge >= 0.3 is 6.09 Å². The molecule has 29 heavy (non-hydrogen) atoms. The van der Waals surface area contributed by atoms with Crippen LogP contribution in [0.4, 0.5) is 4.79 Å². The van der Waals surface area contributed by atoms with Crippen LogP contribution >= 0.6 is 11.3 Å². The van der Waals surface area contributed by atoms with Crippen LogP contribution in [0.3, 0.4) is 0 Å². The Balaban J connectivity index is 1.57. The summed E-state index contributed by atoms with van der Waals surface area (Å²) in [6, 6.07) is 10.1. The highest BCUT2D eigenvalue weighted by atomic mass is 32.1. The summed E-state index contributed by atoms with van der Waals surface area (Å²) < 4.78 is 6.16. The molecule has 3 rings (SSSR count). The van der Waals surface area contributed by atoms with E-state index in [-0.39, 0.29) is 18.7 Å². The molecule has 2 unspecified atom stereocenters. The van der Waals surface area contributed by atoms with Crippen molar-refractivity contribution in [1.29, 1.82) is 0 Å². The van der Waals surface area contributed by atoms with Gasteiger partial charge in [-0.25, -0.2) is 4.79 Å². The fourth-order valence-corrected chi connectivity index (χ4v) is 4.18. The van der Waals surface area contributed by atoms with Gasteiger partial charge in [-0.05, 0) is 50.1 Å². The van der Waals surface area contributed by atoms with Gasteiger partial charge in [0.15, 0.2) is 5.96 Å². The number of carbonyl (C=O) groups is 1. The molecule has 1 heterocycles. The third-order valence-corrected chi connectivity index (χ3v) is 6.02. The molecule has 1 aromatic heterocycles. The molecule has 158 valence electrons. The van der Waals surface area contributed by atoms with Crippen molar-refractivity contribution in [3.05, 3.63) is 35.2 Å². The first-order chi connectivity index (χ1) is 14.1. The molecule has 7 nitrogen and oxygen atoms in total. The number of aliphatic imine (C=N–C) groups is 1. The van der Waals surface area contributed by atoms with Gasteiger partial charge in [0.2, 0.25) is 0 Å². The number of fused-ring (bicyclic) bond motifs is 1. The minimum atomic E-state index is -0.653. The lowest BCUT2D eigenvalue weighted by molar-refractivity contribution is 0.146. The molecule has 0 saturated heterocycles. The van der Waals surface area contributed by atoms with Gasteiger partial charge in [0, 0.05) is 22.7 Å². The van der Waals surface area contributed by atoms with Gasteiger partial charge in [-0.1, -0.05) is 18.2 Å². The van der Waals surface area contributed by atoms with Crippen LogP contribution in [-0.4, -0.2) is 49.4 Å². The predicted octanol–water partition coefficient (Wildman–Crippen LogP) is 3.01. The van der Waals surface area contributed by atoms with Crippen molar-refractivity contribution in [2.24, 2.45) is 10.9 Å². The number of ether oxygens (including phenoxy) is 1. The largest absolute Gasteiger partial charge is 0.450 e. The molecule has 1 amide bonds. The number of hydrogen-bond donors (Lipinski definition) is 4. The Morgan fingerprint density at radius 3 is 2.79 bits per heavy atom. The predicted molar refractivity (Wildman–Crippen MR) is 117 cm³/mol. The number of nitrogens with one attached hydrogen (secondary N) is 3. The van der Waals surface area contributed by atoms with E-state index in [1.54, 1.807) is 18.3 Å². The minimum absolute atomic E-state index is 0.00502. The van der Waals surface area contributed by atoms with Crippen molar-refractivity contribution in [3.8, 4) is 0 Å². The number of alkyl carbamates (subject to hydrolysis) is 1. The van der Waals surface area contributed by atoms with Crippen LogP contribution in [0.1, 0.15) is 37.7 Å².